The van der Waals surface area contributed by atoms with Gasteiger partial charge in [-0.2, -0.15) is 0 Å². The third kappa shape index (κ3) is 49.3. The Kier molecular flexibility index (Phi) is 63.0. The highest BCUT2D eigenvalue weighted by molar-refractivity contribution is 7.81. The molecule has 0 spiro atoms. The first-order chi connectivity index (χ1) is 53.9. The summed E-state index contributed by atoms with van der Waals surface area (Å²) in [5.41, 5.74) is 10.4. The first-order valence-corrected chi connectivity index (χ1v) is 39.6. The highest BCUT2D eigenvalue weighted by Crippen LogP contribution is 2.29. The number of amides is 1. The molecule has 0 atom stereocenters. The minimum atomic E-state index is -0.489. The number of hydrogen-bond donors (Lipinski definition) is 17. The maximum Gasteiger partial charge on any atom is 0.251 e. The highest BCUT2D eigenvalue weighted by Gasteiger charge is 2.18. The Morgan fingerprint density at radius 3 is 0.910 bits per heavy atom. The molecule has 0 saturated carbocycles. The summed E-state index contributed by atoms with van der Waals surface area (Å²) in [4.78, 5) is 38.4. The zero-order valence-corrected chi connectivity index (χ0v) is 66.9. The number of unbranched alkanes of at least 4 members (excludes halogenated alkanes) is 3. The molecule has 0 aliphatic rings. The molecule has 0 fully saturated rings. The topological polar surface area (TPSA) is 406 Å². The first-order valence-electron chi connectivity index (χ1n) is 38.4. The fourth-order valence-electron chi connectivity index (χ4n) is 10.3. The normalized spacial score (nSPS) is 10.9. The van der Waals surface area contributed by atoms with E-state index in [-0.39, 0.29) is 147 Å². The summed E-state index contributed by atoms with van der Waals surface area (Å²) >= 11 is 16.3. The van der Waals surface area contributed by atoms with E-state index in [1.165, 1.54) is 34.9 Å². The Hall–Kier alpha value is -7.00. The van der Waals surface area contributed by atoms with E-state index in [0.717, 1.165) is 101 Å². The molecule has 618 valence electrons. The summed E-state index contributed by atoms with van der Waals surface area (Å²) in [7, 11) is 0. The third-order valence-corrected chi connectivity index (χ3v) is 17.1. The predicted octanol–water partition coefficient (Wildman–Crippen LogP) is 8.72. The van der Waals surface area contributed by atoms with E-state index in [4.69, 9.17) is 127 Å². The number of thiocarbonyl (C=S) groups is 3. The lowest BCUT2D eigenvalue weighted by molar-refractivity contribution is 0.0944. The van der Waals surface area contributed by atoms with E-state index in [0.29, 0.717) is 126 Å². The van der Waals surface area contributed by atoms with Gasteiger partial charge >= 0.3 is 0 Å². The maximum absolute atomic E-state index is 12.1. The third-order valence-electron chi connectivity index (χ3n) is 15.8. The minimum Gasteiger partial charge on any atom is -0.493 e. The van der Waals surface area contributed by atoms with Gasteiger partial charge in [-0.3, -0.25) is 14.4 Å². The van der Waals surface area contributed by atoms with Gasteiger partial charge in [0, 0.05) is 181 Å². The molecule has 0 aromatic heterocycles. The van der Waals surface area contributed by atoms with Gasteiger partial charge in [-0.25, -0.2) is 0 Å². The molecule has 26 heteroatoms. The fourth-order valence-corrected chi connectivity index (χ4v) is 11.0. The Bertz CT molecular complexity index is 2870. The maximum atomic E-state index is 12.1. The molecule has 1 amide bonds. The molecule has 17 N–H and O–H groups in total. The van der Waals surface area contributed by atoms with Gasteiger partial charge in [0.15, 0.2) is 11.6 Å². The van der Waals surface area contributed by atoms with Crippen molar-refractivity contribution in [2.24, 2.45) is 0 Å². The minimum absolute atomic E-state index is 0.00346. The van der Waals surface area contributed by atoms with Crippen molar-refractivity contribution in [3.05, 3.63) is 176 Å². The van der Waals surface area contributed by atoms with Crippen LogP contribution in [0.25, 0.3) is 18.2 Å². The van der Waals surface area contributed by atoms with Crippen molar-refractivity contribution in [2.45, 2.75) is 148 Å². The van der Waals surface area contributed by atoms with Crippen LogP contribution in [0.1, 0.15) is 210 Å². The Labute approximate surface area is 672 Å². The SMILES string of the molecule is O=C(CCCO)c1cc(C(=O)CCCO)cc(C(=O)NCCO)c1.OCC/C=C/c1cc(/C=C/CCO)cc(/C=C/CCO)c1.OCCCC(=S)c1cc(C(=S)CCCO)cc(C(=S)NCCO)c1.OCCCCc1cc(CCCCO)cc(CCCCO)c1.OCCCOc1cc(OCCCO)cc(OCCCO)c1. The number of aliphatic hydroxyl groups excluding tert-OH is 15. The van der Waals surface area contributed by atoms with E-state index >= 15 is 0 Å². The molecule has 23 nitrogen and oxygen atoms in total. The van der Waals surface area contributed by atoms with Crippen LogP contribution in [0.3, 0.4) is 0 Å². The molecular formula is C85H124N2O21S3. The number of hydrogen-bond acceptors (Lipinski definition) is 24. The van der Waals surface area contributed by atoms with Crippen LogP contribution in [-0.2, 0) is 19.3 Å². The van der Waals surface area contributed by atoms with E-state index in [2.05, 4.69) is 47.0 Å². The zero-order chi connectivity index (χ0) is 81.9. The Balaban J connectivity index is 0.000000695. The number of ketones is 2. The van der Waals surface area contributed by atoms with Crippen LogP contribution in [0.4, 0.5) is 0 Å². The number of benzene rings is 5. The van der Waals surface area contributed by atoms with E-state index in [1.54, 1.807) is 18.2 Å². The van der Waals surface area contributed by atoms with Crippen molar-refractivity contribution in [3.8, 4) is 17.2 Å². The van der Waals surface area contributed by atoms with Gasteiger partial charge in [0.1, 0.15) is 22.2 Å². The van der Waals surface area contributed by atoms with Crippen LogP contribution in [0.15, 0.2) is 109 Å². The predicted molar refractivity (Wildman–Crippen MR) is 450 cm³/mol. The second-order valence-electron chi connectivity index (χ2n) is 25.4. The lowest BCUT2D eigenvalue weighted by atomic mass is 9.96. The molecule has 111 heavy (non-hydrogen) atoms. The van der Waals surface area contributed by atoms with E-state index < -0.39 is 5.91 Å². The Morgan fingerprint density at radius 2 is 0.595 bits per heavy atom. The summed E-state index contributed by atoms with van der Waals surface area (Å²) in [5.74, 6) is 0.781. The molecule has 5 aromatic carbocycles. The van der Waals surface area contributed by atoms with E-state index in [9.17, 15) is 14.4 Å². The lowest BCUT2D eigenvalue weighted by Gasteiger charge is -2.13. The molecule has 0 saturated heterocycles. The molecule has 5 rings (SSSR count). The van der Waals surface area contributed by atoms with Crippen molar-refractivity contribution in [2.75, 3.05) is 132 Å². The number of Topliss-reactive ketones (excluding diaryl/α,β-unsaturated/α-hetero) is 2. The van der Waals surface area contributed by atoms with E-state index in [1.807, 2.05) is 54.7 Å². The number of ether oxygens (including phenoxy) is 3. The molecule has 0 aliphatic heterocycles. The smallest absolute Gasteiger partial charge is 0.251 e. The standard InChI is InChI=1S/C18H30O3.C18H24O3.C17H23NO6.C17H23NO3S3.C15H24O6/c2*19-10-4-1-7-16-13-17(8-2-5-11-20)15-18(14-16)9-3-6-12-21;2*19-6-1-3-15(22)12-9-13(16(23)4-2-7-20)11-14(10-12)17(24)18-5-8-21;16-4-1-7-19-13-10-14(20-8-2-5-17)12-15(11-13)21-9-3-6-18/h13-15,19-21H,1-12H2;1-3,7-9,13-15,19-21H,4-6,10-12H2;2*9-11,19-21H,1-8H2,(H,18,24);10-12,16-18H,1-9H2/b;7-1+,8-2+,9-3+;;;. The first kappa shape index (κ1) is 102. The van der Waals surface area contributed by atoms with Crippen LogP contribution in [0, 0.1) is 0 Å². The number of aliphatic hydroxyl groups is 15. The number of aryl methyl sites for hydroxylation is 3. The quantitative estimate of drug-likeness (QED) is 0.00982. The Morgan fingerprint density at radius 1 is 0.297 bits per heavy atom. The van der Waals surface area contributed by atoms with Gasteiger partial charge in [0.25, 0.3) is 5.91 Å². The van der Waals surface area contributed by atoms with Crippen molar-refractivity contribution in [1.82, 2.24) is 10.6 Å². The average Bonchev–Trinajstić information content (AvgIpc) is 0.832. The number of rotatable bonds is 55. The van der Waals surface area contributed by atoms with Crippen LogP contribution in [-0.4, -0.2) is 241 Å². The van der Waals surface area contributed by atoms with Crippen molar-refractivity contribution in [3.63, 3.8) is 0 Å². The van der Waals surface area contributed by atoms with Gasteiger partial charge in [0.05, 0.1) is 33.0 Å². The summed E-state index contributed by atoms with van der Waals surface area (Å²) in [6.45, 7) is 2.86. The second-order valence-corrected chi connectivity index (χ2v) is 26.7. The average molecular weight is 1610 g/mol. The second kappa shape index (κ2) is 68.6. The summed E-state index contributed by atoms with van der Waals surface area (Å²) in [6.07, 6.45) is 27.3. The highest BCUT2D eigenvalue weighted by atomic mass is 32.1. The van der Waals surface area contributed by atoms with Gasteiger partial charge < -0.3 is 101 Å². The molecule has 0 unspecified atom stereocenters. The van der Waals surface area contributed by atoms with Gasteiger partial charge in [-0.1, -0.05) is 91.3 Å². The van der Waals surface area contributed by atoms with Crippen LogP contribution in [0.5, 0.6) is 17.2 Å². The summed E-state index contributed by atoms with van der Waals surface area (Å²) in [6, 6.07) is 28.2. The van der Waals surface area contributed by atoms with Gasteiger partial charge in [-0.05, 0) is 215 Å². The number of carbonyl (C=O) groups excluding carboxylic acids is 3. The molecule has 5 aromatic rings. The molecule has 0 aliphatic carbocycles. The monoisotopic (exact) mass is 1600 g/mol. The fraction of sp³-hybridized carbons (Fsp3) is 0.506. The zero-order valence-electron chi connectivity index (χ0n) is 64.4. The number of carbonyl (C=O) groups is 3. The van der Waals surface area contributed by atoms with Crippen molar-refractivity contribution >= 4 is 87.1 Å². The molecule has 0 bridgehead atoms. The van der Waals surface area contributed by atoms with Crippen LogP contribution in [0.2, 0.25) is 0 Å². The van der Waals surface area contributed by atoms with Crippen molar-refractivity contribution < 1.29 is 105 Å². The number of nitrogens with one attached hydrogen (secondary N) is 2. The van der Waals surface area contributed by atoms with Gasteiger partial charge in [0.2, 0.25) is 0 Å². The molecule has 0 heterocycles. The lowest BCUT2D eigenvalue weighted by Crippen LogP contribution is -2.27. The van der Waals surface area contributed by atoms with Crippen LogP contribution < -0.4 is 24.8 Å². The molecule has 0 radical (unpaired) electrons. The summed E-state index contributed by atoms with van der Waals surface area (Å²) in [5, 5.41) is 138. The van der Waals surface area contributed by atoms with Crippen molar-refractivity contribution in [1.29, 1.82) is 0 Å². The molecular weight excluding hydrogens is 1480 g/mol. The van der Waals surface area contributed by atoms with Crippen LogP contribution >= 0.6 is 36.7 Å². The largest absolute Gasteiger partial charge is 0.493 e. The summed E-state index contributed by atoms with van der Waals surface area (Å²) < 4.78 is 16.6. The van der Waals surface area contributed by atoms with Gasteiger partial charge in [-0.15, -0.1) is 0 Å².